The topological polar surface area (TPSA) is 63.4 Å². The molecule has 8 heteroatoms. The van der Waals surface area contributed by atoms with Gasteiger partial charge in [0.1, 0.15) is 10.7 Å². The number of rotatable bonds is 3. The molecule has 1 aliphatic rings. The molecule has 0 bridgehead atoms. The van der Waals surface area contributed by atoms with Gasteiger partial charge in [-0.15, -0.1) is 12.4 Å². The molecule has 2 unspecified atom stereocenters. The average molecular weight is 388 g/mol. The molecule has 20 heavy (non-hydrogen) atoms. The Kier molecular flexibility index (Phi) is 5.98. The van der Waals surface area contributed by atoms with Crippen molar-refractivity contribution >= 4 is 38.4 Å². The smallest absolute Gasteiger partial charge is 0.245 e. The van der Waals surface area contributed by atoms with Crippen LogP contribution in [0.4, 0.5) is 4.39 Å². The van der Waals surface area contributed by atoms with Crippen molar-refractivity contribution in [3.63, 3.8) is 0 Å². The van der Waals surface area contributed by atoms with E-state index < -0.39 is 15.8 Å². The van der Waals surface area contributed by atoms with Gasteiger partial charge in [0.15, 0.2) is 0 Å². The van der Waals surface area contributed by atoms with E-state index in [1.165, 1.54) is 16.4 Å². The van der Waals surface area contributed by atoms with E-state index in [2.05, 4.69) is 15.9 Å². The zero-order valence-corrected chi connectivity index (χ0v) is 14.1. The van der Waals surface area contributed by atoms with Crippen molar-refractivity contribution in [2.45, 2.75) is 24.3 Å². The van der Waals surface area contributed by atoms with Crippen molar-refractivity contribution < 1.29 is 12.8 Å². The molecular formula is C12H17BrClFN2O2S. The first-order chi connectivity index (χ1) is 8.82. The van der Waals surface area contributed by atoms with E-state index in [9.17, 15) is 12.8 Å². The molecule has 114 valence electrons. The quantitative estimate of drug-likeness (QED) is 0.866. The van der Waals surface area contributed by atoms with Gasteiger partial charge in [-0.2, -0.15) is 4.31 Å². The van der Waals surface area contributed by atoms with Crippen molar-refractivity contribution in [1.29, 1.82) is 0 Å². The van der Waals surface area contributed by atoms with Crippen LogP contribution >= 0.6 is 28.3 Å². The van der Waals surface area contributed by atoms with Crippen LogP contribution in [0.15, 0.2) is 27.6 Å². The lowest BCUT2D eigenvalue weighted by molar-refractivity contribution is 0.426. The predicted octanol–water partition coefficient (Wildman–Crippen LogP) is 2.37. The Bertz CT molecular complexity index is 583. The van der Waals surface area contributed by atoms with Crippen LogP contribution in [0, 0.1) is 11.7 Å². The second-order valence-corrected chi connectivity index (χ2v) is 7.67. The molecule has 0 aliphatic carbocycles. The summed E-state index contributed by atoms with van der Waals surface area (Å²) in [5.74, 6) is -0.605. The fraction of sp³-hybridized carbons (Fsp3) is 0.500. The van der Waals surface area contributed by atoms with E-state index in [4.69, 9.17) is 5.73 Å². The highest BCUT2D eigenvalue weighted by Gasteiger charge is 2.35. The summed E-state index contributed by atoms with van der Waals surface area (Å²) in [5.41, 5.74) is 5.79. The minimum atomic E-state index is -3.77. The maximum Gasteiger partial charge on any atom is 0.245 e. The first-order valence-electron chi connectivity index (χ1n) is 6.03. The third kappa shape index (κ3) is 3.51. The van der Waals surface area contributed by atoms with E-state index >= 15 is 0 Å². The van der Waals surface area contributed by atoms with Gasteiger partial charge in [0.05, 0.1) is 0 Å². The highest BCUT2D eigenvalue weighted by atomic mass is 79.9. The number of halogens is 3. The number of benzene rings is 1. The molecular weight excluding hydrogens is 371 g/mol. The van der Waals surface area contributed by atoms with Gasteiger partial charge in [-0.25, -0.2) is 12.8 Å². The van der Waals surface area contributed by atoms with E-state index in [-0.39, 0.29) is 29.3 Å². The summed E-state index contributed by atoms with van der Waals surface area (Å²) < 4.78 is 40.3. The van der Waals surface area contributed by atoms with Gasteiger partial charge in [-0.1, -0.05) is 15.9 Å². The Balaban J connectivity index is 0.00000200. The largest absolute Gasteiger partial charge is 0.328 e. The molecule has 1 fully saturated rings. The monoisotopic (exact) mass is 386 g/mol. The summed E-state index contributed by atoms with van der Waals surface area (Å²) in [6.07, 6.45) is 0.717. The van der Waals surface area contributed by atoms with Crippen molar-refractivity contribution in [2.24, 2.45) is 11.7 Å². The number of nitrogens with two attached hydrogens (primary N) is 1. The van der Waals surface area contributed by atoms with Gasteiger partial charge < -0.3 is 5.73 Å². The maximum absolute atomic E-state index is 13.8. The van der Waals surface area contributed by atoms with Crippen LogP contribution in [-0.4, -0.2) is 31.9 Å². The fourth-order valence-electron chi connectivity index (χ4n) is 2.22. The van der Waals surface area contributed by atoms with Gasteiger partial charge in [-0.05, 0) is 37.5 Å². The Morgan fingerprint density at radius 3 is 2.65 bits per heavy atom. The van der Waals surface area contributed by atoms with Crippen molar-refractivity contribution in [3.05, 3.63) is 28.5 Å². The first kappa shape index (κ1) is 17.8. The SMILES string of the molecule is CC(N)C1CCN(S(=O)(=O)c2ccc(Br)cc2F)C1.Cl. The lowest BCUT2D eigenvalue weighted by atomic mass is 10.0. The van der Waals surface area contributed by atoms with Crippen LogP contribution in [0.3, 0.4) is 0 Å². The third-order valence-corrected chi connectivity index (χ3v) is 5.83. The van der Waals surface area contributed by atoms with Gasteiger partial charge in [-0.3, -0.25) is 0 Å². The molecule has 1 aliphatic heterocycles. The minimum absolute atomic E-state index is 0. The Morgan fingerprint density at radius 1 is 1.50 bits per heavy atom. The summed E-state index contributed by atoms with van der Waals surface area (Å²) >= 11 is 3.11. The van der Waals surface area contributed by atoms with Gasteiger partial charge in [0.2, 0.25) is 10.0 Å². The molecule has 0 amide bonds. The van der Waals surface area contributed by atoms with Crippen LogP contribution in [0.2, 0.25) is 0 Å². The second kappa shape index (κ2) is 6.70. The van der Waals surface area contributed by atoms with Crippen LogP contribution < -0.4 is 5.73 Å². The molecule has 0 aromatic heterocycles. The fourth-order valence-corrected chi connectivity index (χ4v) is 4.12. The van der Waals surface area contributed by atoms with E-state index in [0.29, 0.717) is 17.6 Å². The highest BCUT2D eigenvalue weighted by Crippen LogP contribution is 2.28. The van der Waals surface area contributed by atoms with E-state index in [0.717, 1.165) is 12.5 Å². The molecule has 1 saturated heterocycles. The Labute approximate surface area is 133 Å². The number of sulfonamides is 1. The predicted molar refractivity (Wildman–Crippen MR) is 81.9 cm³/mol. The number of hydrogen-bond acceptors (Lipinski definition) is 3. The molecule has 2 atom stereocenters. The third-order valence-electron chi connectivity index (χ3n) is 3.44. The van der Waals surface area contributed by atoms with Crippen molar-refractivity contribution in [2.75, 3.05) is 13.1 Å². The molecule has 0 saturated carbocycles. The van der Waals surface area contributed by atoms with Crippen molar-refractivity contribution in [1.82, 2.24) is 4.31 Å². The molecule has 1 heterocycles. The van der Waals surface area contributed by atoms with Crippen LogP contribution in [0.5, 0.6) is 0 Å². The molecule has 1 aromatic carbocycles. The Hall–Kier alpha value is -0.210. The zero-order valence-electron chi connectivity index (χ0n) is 10.9. The van der Waals surface area contributed by atoms with Crippen LogP contribution in [-0.2, 0) is 10.0 Å². The van der Waals surface area contributed by atoms with Gasteiger partial charge >= 0.3 is 0 Å². The van der Waals surface area contributed by atoms with E-state index in [1.807, 2.05) is 6.92 Å². The van der Waals surface area contributed by atoms with Gasteiger partial charge in [0.25, 0.3) is 0 Å². The molecule has 1 aromatic rings. The first-order valence-corrected chi connectivity index (χ1v) is 8.26. The summed E-state index contributed by atoms with van der Waals surface area (Å²) in [5, 5.41) is 0. The molecule has 2 N–H and O–H groups in total. The van der Waals surface area contributed by atoms with E-state index in [1.54, 1.807) is 0 Å². The zero-order chi connectivity index (χ0) is 14.2. The standard InChI is InChI=1S/C12H16BrFN2O2S.ClH/c1-8(15)9-4-5-16(7-9)19(17,18)12-3-2-10(13)6-11(12)14;/h2-3,6,8-9H,4-5,7,15H2,1H3;1H. The summed E-state index contributed by atoms with van der Waals surface area (Å²) in [6.45, 7) is 2.61. The molecule has 2 rings (SSSR count). The lowest BCUT2D eigenvalue weighted by Gasteiger charge is -2.18. The van der Waals surface area contributed by atoms with Crippen LogP contribution in [0.1, 0.15) is 13.3 Å². The summed E-state index contributed by atoms with van der Waals surface area (Å²) in [6, 6.07) is 3.91. The number of hydrogen-bond donors (Lipinski definition) is 1. The average Bonchev–Trinajstić information content (AvgIpc) is 2.78. The molecule has 4 nitrogen and oxygen atoms in total. The maximum atomic E-state index is 13.8. The van der Waals surface area contributed by atoms with Crippen LogP contribution in [0.25, 0.3) is 0 Å². The summed E-state index contributed by atoms with van der Waals surface area (Å²) in [7, 11) is -3.77. The minimum Gasteiger partial charge on any atom is -0.328 e. The Morgan fingerprint density at radius 2 is 2.15 bits per heavy atom. The van der Waals surface area contributed by atoms with Gasteiger partial charge in [0, 0.05) is 23.6 Å². The molecule has 0 radical (unpaired) electrons. The second-order valence-electron chi connectivity index (χ2n) is 4.85. The lowest BCUT2D eigenvalue weighted by Crippen LogP contribution is -2.33. The highest BCUT2D eigenvalue weighted by molar-refractivity contribution is 9.10. The van der Waals surface area contributed by atoms with Crippen molar-refractivity contribution in [3.8, 4) is 0 Å². The summed E-state index contributed by atoms with van der Waals surface area (Å²) in [4.78, 5) is -0.277. The normalized spacial score (nSPS) is 21.5. The number of nitrogens with zero attached hydrogens (tertiary/aromatic N) is 1. The molecule has 0 spiro atoms.